The van der Waals surface area contributed by atoms with Gasteiger partial charge in [-0.2, -0.15) is 18.2 Å². The van der Waals surface area contributed by atoms with Gasteiger partial charge in [-0.05, 0) is 24.3 Å². The minimum Gasteiger partial charge on any atom is -0.372 e. The van der Waals surface area contributed by atoms with Crippen LogP contribution < -0.4 is 11.0 Å². The van der Waals surface area contributed by atoms with Gasteiger partial charge >= 0.3 is 11.9 Å². The van der Waals surface area contributed by atoms with Crippen LogP contribution in [0.25, 0.3) is 16.6 Å². The maximum atomic E-state index is 13.2. The summed E-state index contributed by atoms with van der Waals surface area (Å²) in [4.78, 5) is 16.3. The molecule has 3 rings (SSSR count). The Morgan fingerprint density at radius 3 is 2.38 bits per heavy atom. The van der Waals surface area contributed by atoms with E-state index < -0.39 is 22.5 Å². The first-order valence-corrected chi connectivity index (χ1v) is 7.28. The summed E-state index contributed by atoms with van der Waals surface area (Å²) in [7, 11) is 1.53. The number of fused-ring (bicyclic) bond motifs is 1. The quantitative estimate of drug-likeness (QED) is 0.754. The molecule has 0 atom stereocenters. The summed E-state index contributed by atoms with van der Waals surface area (Å²) in [6.07, 6.45) is -4.63. The van der Waals surface area contributed by atoms with Crippen LogP contribution >= 0.6 is 11.6 Å². The largest absolute Gasteiger partial charge is 0.417 e. The predicted molar refractivity (Wildman–Crippen MR) is 86.9 cm³/mol. The zero-order valence-corrected chi connectivity index (χ0v) is 13.1. The van der Waals surface area contributed by atoms with Crippen molar-refractivity contribution in [2.75, 3.05) is 12.4 Å². The second-order valence-corrected chi connectivity index (χ2v) is 5.36. The lowest BCUT2D eigenvalue weighted by Crippen LogP contribution is -2.24. The summed E-state index contributed by atoms with van der Waals surface area (Å²) < 4.78 is 40.6. The molecule has 1 aromatic heterocycles. The van der Waals surface area contributed by atoms with Gasteiger partial charge in [0.1, 0.15) is 5.82 Å². The molecule has 0 aliphatic carbocycles. The fourth-order valence-corrected chi connectivity index (χ4v) is 2.86. The number of nitrogens with zero attached hydrogens (tertiary/aromatic N) is 2. The summed E-state index contributed by atoms with van der Waals surface area (Å²) in [5.41, 5.74) is -1.39. The van der Waals surface area contributed by atoms with E-state index in [1.165, 1.54) is 13.1 Å². The molecule has 1 heterocycles. The van der Waals surface area contributed by atoms with Gasteiger partial charge < -0.3 is 5.32 Å². The number of halogens is 4. The maximum Gasteiger partial charge on any atom is 0.417 e. The minimum atomic E-state index is -4.63. The van der Waals surface area contributed by atoms with Crippen molar-refractivity contribution in [3.05, 3.63) is 63.5 Å². The van der Waals surface area contributed by atoms with E-state index in [0.717, 1.165) is 10.6 Å². The highest BCUT2D eigenvalue weighted by Crippen LogP contribution is 2.39. The number of nitrogens with one attached hydrogen (secondary N) is 1. The SMILES string of the molecule is CNc1nc(=O)n(-c2ccccc2)c2c(Cl)c(C(F)(F)F)ccc12. The van der Waals surface area contributed by atoms with E-state index in [9.17, 15) is 18.0 Å². The molecule has 0 unspecified atom stereocenters. The Morgan fingerprint density at radius 2 is 1.79 bits per heavy atom. The molecule has 0 aliphatic rings. The number of hydrogen-bond donors (Lipinski definition) is 1. The summed E-state index contributed by atoms with van der Waals surface area (Å²) in [6, 6.07) is 10.4. The van der Waals surface area contributed by atoms with Gasteiger partial charge in [0, 0.05) is 12.4 Å². The first-order chi connectivity index (χ1) is 11.3. The summed E-state index contributed by atoms with van der Waals surface area (Å²) in [5, 5.41) is 2.49. The van der Waals surface area contributed by atoms with E-state index in [1.807, 2.05) is 0 Å². The van der Waals surface area contributed by atoms with Crippen molar-refractivity contribution >= 4 is 28.3 Å². The standard InChI is InChI=1S/C16H11ClF3N3O/c1-21-14-10-7-8-11(16(18,19)20)12(17)13(10)23(15(24)22-14)9-5-3-2-4-6-9/h2-8H,1H3,(H,21,22,24). The second kappa shape index (κ2) is 5.83. The molecule has 8 heteroatoms. The Kier molecular flexibility index (Phi) is 3.96. The van der Waals surface area contributed by atoms with Gasteiger partial charge in [-0.25, -0.2) is 4.79 Å². The van der Waals surface area contributed by atoms with Gasteiger partial charge in [-0.3, -0.25) is 4.57 Å². The number of rotatable bonds is 2. The Labute approximate surface area is 139 Å². The van der Waals surface area contributed by atoms with Crippen molar-refractivity contribution in [1.82, 2.24) is 9.55 Å². The second-order valence-electron chi connectivity index (χ2n) is 4.98. The van der Waals surface area contributed by atoms with Crippen LogP contribution in [0, 0.1) is 0 Å². The molecule has 24 heavy (non-hydrogen) atoms. The van der Waals surface area contributed by atoms with E-state index in [2.05, 4.69) is 10.3 Å². The molecular formula is C16H11ClF3N3O. The van der Waals surface area contributed by atoms with Crippen molar-refractivity contribution in [2.45, 2.75) is 6.18 Å². The van der Waals surface area contributed by atoms with Crippen LogP contribution in [0.3, 0.4) is 0 Å². The average Bonchev–Trinajstić information content (AvgIpc) is 2.54. The smallest absolute Gasteiger partial charge is 0.372 e. The van der Waals surface area contributed by atoms with Gasteiger partial charge in [-0.1, -0.05) is 29.8 Å². The number of para-hydroxylation sites is 1. The van der Waals surface area contributed by atoms with Crippen molar-refractivity contribution in [2.24, 2.45) is 0 Å². The molecule has 0 fully saturated rings. The molecule has 2 aromatic carbocycles. The van der Waals surface area contributed by atoms with Crippen LogP contribution in [-0.2, 0) is 6.18 Å². The van der Waals surface area contributed by atoms with Crippen molar-refractivity contribution in [3.8, 4) is 5.69 Å². The van der Waals surface area contributed by atoms with Gasteiger partial charge in [-0.15, -0.1) is 0 Å². The Balaban J connectivity index is 2.52. The highest BCUT2D eigenvalue weighted by Gasteiger charge is 2.34. The first-order valence-electron chi connectivity index (χ1n) is 6.90. The summed E-state index contributed by atoms with van der Waals surface area (Å²) in [5.74, 6) is 0.165. The fraction of sp³-hybridized carbons (Fsp3) is 0.125. The van der Waals surface area contributed by atoms with E-state index >= 15 is 0 Å². The Bertz CT molecular complexity index is 968. The molecule has 0 amide bonds. The molecule has 0 saturated carbocycles. The molecule has 124 valence electrons. The molecule has 0 aliphatic heterocycles. The van der Waals surface area contributed by atoms with E-state index in [-0.39, 0.29) is 11.3 Å². The topological polar surface area (TPSA) is 46.9 Å². The van der Waals surface area contributed by atoms with Gasteiger partial charge in [0.15, 0.2) is 0 Å². The minimum absolute atomic E-state index is 0.0398. The lowest BCUT2D eigenvalue weighted by atomic mass is 10.1. The van der Waals surface area contributed by atoms with Crippen LogP contribution in [0.15, 0.2) is 47.3 Å². The van der Waals surface area contributed by atoms with Crippen LogP contribution in [0.5, 0.6) is 0 Å². The highest BCUT2D eigenvalue weighted by atomic mass is 35.5. The molecule has 0 radical (unpaired) electrons. The average molecular weight is 354 g/mol. The van der Waals surface area contributed by atoms with E-state index in [4.69, 9.17) is 11.6 Å². The maximum absolute atomic E-state index is 13.2. The third-order valence-electron chi connectivity index (χ3n) is 3.55. The van der Waals surface area contributed by atoms with E-state index in [1.54, 1.807) is 30.3 Å². The zero-order chi connectivity index (χ0) is 17.5. The first kappa shape index (κ1) is 16.3. The van der Waals surface area contributed by atoms with Crippen molar-refractivity contribution < 1.29 is 13.2 Å². The normalized spacial score (nSPS) is 11.7. The lowest BCUT2D eigenvalue weighted by Gasteiger charge is -2.17. The van der Waals surface area contributed by atoms with Crippen LogP contribution in [0.2, 0.25) is 5.02 Å². The Morgan fingerprint density at radius 1 is 1.12 bits per heavy atom. The van der Waals surface area contributed by atoms with Crippen molar-refractivity contribution in [3.63, 3.8) is 0 Å². The number of benzene rings is 2. The van der Waals surface area contributed by atoms with Gasteiger partial charge in [0.05, 0.1) is 21.8 Å². The van der Waals surface area contributed by atoms with Gasteiger partial charge in [0.25, 0.3) is 0 Å². The molecule has 3 aromatic rings. The van der Waals surface area contributed by atoms with Crippen LogP contribution in [0.4, 0.5) is 19.0 Å². The monoisotopic (exact) mass is 353 g/mol. The fourth-order valence-electron chi connectivity index (χ4n) is 2.50. The molecule has 0 spiro atoms. The summed E-state index contributed by atoms with van der Waals surface area (Å²) >= 11 is 6.05. The molecular weight excluding hydrogens is 343 g/mol. The highest BCUT2D eigenvalue weighted by molar-refractivity contribution is 6.36. The third-order valence-corrected chi connectivity index (χ3v) is 3.93. The van der Waals surface area contributed by atoms with Crippen LogP contribution in [0.1, 0.15) is 5.56 Å². The molecule has 1 N–H and O–H groups in total. The lowest BCUT2D eigenvalue weighted by molar-refractivity contribution is -0.137. The Hall–Kier alpha value is -2.54. The number of aromatic nitrogens is 2. The number of hydrogen-bond acceptors (Lipinski definition) is 3. The number of alkyl halides is 3. The number of anilines is 1. The van der Waals surface area contributed by atoms with E-state index in [0.29, 0.717) is 11.1 Å². The zero-order valence-electron chi connectivity index (χ0n) is 12.4. The molecule has 0 bridgehead atoms. The summed E-state index contributed by atoms with van der Waals surface area (Å²) in [6.45, 7) is 0. The van der Waals surface area contributed by atoms with Crippen molar-refractivity contribution in [1.29, 1.82) is 0 Å². The molecule has 4 nitrogen and oxygen atoms in total. The third kappa shape index (κ3) is 2.60. The van der Waals surface area contributed by atoms with Crippen LogP contribution in [-0.4, -0.2) is 16.6 Å². The van der Waals surface area contributed by atoms with Gasteiger partial charge in [0.2, 0.25) is 0 Å². The molecule has 0 saturated heterocycles. The predicted octanol–water partition coefficient (Wildman–Crippen LogP) is 4.10.